The maximum atomic E-state index is 12.4. The van der Waals surface area contributed by atoms with Crippen molar-refractivity contribution in [1.29, 1.82) is 0 Å². The summed E-state index contributed by atoms with van der Waals surface area (Å²) in [5, 5.41) is 2.87. The first-order valence-electron chi connectivity index (χ1n) is 8.87. The molecule has 1 heterocycles. The lowest BCUT2D eigenvalue weighted by Crippen LogP contribution is -2.23. The Bertz CT molecular complexity index is 800. The molecule has 0 fully saturated rings. The lowest BCUT2D eigenvalue weighted by atomic mass is 10.1. The van der Waals surface area contributed by atoms with Gasteiger partial charge in [0.05, 0.1) is 13.2 Å². The zero-order valence-electron chi connectivity index (χ0n) is 14.9. The van der Waals surface area contributed by atoms with Gasteiger partial charge in [0.2, 0.25) is 5.91 Å². The number of benzene rings is 2. The number of carbonyl (C=O) groups excluding carboxylic acids is 2. The molecular weight excluding hydrogens is 330 g/mol. The van der Waals surface area contributed by atoms with E-state index < -0.39 is 0 Å². The van der Waals surface area contributed by atoms with E-state index in [0.717, 1.165) is 17.5 Å². The lowest BCUT2D eigenvalue weighted by molar-refractivity contribution is -0.121. The largest absolute Gasteiger partial charge is 0.490 e. The quantitative estimate of drug-likeness (QED) is 0.808. The molecule has 0 saturated carbocycles. The van der Waals surface area contributed by atoms with Crippen molar-refractivity contribution in [1.82, 2.24) is 5.32 Å². The molecule has 0 saturated heterocycles. The van der Waals surface area contributed by atoms with Crippen molar-refractivity contribution < 1.29 is 19.1 Å². The first-order valence-corrected chi connectivity index (χ1v) is 8.87. The summed E-state index contributed by atoms with van der Waals surface area (Å²) in [5.74, 6) is 1.05. The number of aryl methyl sites for hydroxylation is 1. The predicted molar refractivity (Wildman–Crippen MR) is 98.6 cm³/mol. The Morgan fingerprint density at radius 2 is 1.77 bits per heavy atom. The highest BCUT2D eigenvalue weighted by atomic mass is 16.5. The van der Waals surface area contributed by atoms with E-state index in [1.54, 1.807) is 18.2 Å². The van der Waals surface area contributed by atoms with Crippen molar-refractivity contribution in [3.8, 4) is 11.5 Å². The van der Waals surface area contributed by atoms with Crippen LogP contribution >= 0.6 is 0 Å². The van der Waals surface area contributed by atoms with Crippen LogP contribution in [0.15, 0.2) is 42.5 Å². The molecule has 5 heteroatoms. The molecule has 1 aliphatic heterocycles. The minimum absolute atomic E-state index is 0.0771. The molecule has 0 spiro atoms. The highest BCUT2D eigenvalue weighted by Crippen LogP contribution is 2.30. The van der Waals surface area contributed by atoms with E-state index >= 15 is 0 Å². The molecule has 3 rings (SSSR count). The fourth-order valence-corrected chi connectivity index (χ4v) is 2.80. The second-order valence-corrected chi connectivity index (χ2v) is 6.34. The molecule has 2 aromatic carbocycles. The zero-order valence-corrected chi connectivity index (χ0v) is 14.9. The van der Waals surface area contributed by atoms with Crippen LogP contribution in [-0.2, 0) is 11.3 Å². The summed E-state index contributed by atoms with van der Waals surface area (Å²) in [6.45, 7) is 3.67. The minimum atomic E-state index is -0.129. The van der Waals surface area contributed by atoms with E-state index in [1.807, 2.05) is 31.2 Å². The zero-order chi connectivity index (χ0) is 18.4. The summed E-state index contributed by atoms with van der Waals surface area (Å²) in [4.78, 5) is 24.4. The van der Waals surface area contributed by atoms with E-state index in [9.17, 15) is 9.59 Å². The molecule has 1 amide bonds. The van der Waals surface area contributed by atoms with Crippen molar-refractivity contribution in [2.45, 2.75) is 32.7 Å². The summed E-state index contributed by atoms with van der Waals surface area (Å²) < 4.78 is 11.2. The smallest absolute Gasteiger partial charge is 0.220 e. The van der Waals surface area contributed by atoms with Gasteiger partial charge in [-0.1, -0.05) is 24.3 Å². The van der Waals surface area contributed by atoms with Gasteiger partial charge in [-0.15, -0.1) is 0 Å². The second kappa shape index (κ2) is 8.52. The van der Waals surface area contributed by atoms with E-state index in [2.05, 4.69) is 5.32 Å². The average molecular weight is 353 g/mol. The first-order chi connectivity index (χ1) is 12.6. The maximum Gasteiger partial charge on any atom is 0.220 e. The van der Waals surface area contributed by atoms with Gasteiger partial charge in [-0.25, -0.2) is 0 Å². The third-order valence-electron chi connectivity index (χ3n) is 4.39. The molecule has 0 bridgehead atoms. The minimum Gasteiger partial charge on any atom is -0.490 e. The number of ketones is 1. The van der Waals surface area contributed by atoms with E-state index in [-0.39, 0.29) is 24.5 Å². The van der Waals surface area contributed by atoms with Crippen LogP contribution in [0.3, 0.4) is 0 Å². The van der Waals surface area contributed by atoms with E-state index in [1.165, 1.54) is 0 Å². The molecule has 0 aliphatic carbocycles. The van der Waals surface area contributed by atoms with Gasteiger partial charge in [-0.3, -0.25) is 9.59 Å². The van der Waals surface area contributed by atoms with Gasteiger partial charge < -0.3 is 14.8 Å². The number of Topliss-reactive ketones (excluding diaryl/α,β-unsaturated/α-hetero) is 1. The Balaban J connectivity index is 1.51. The Hall–Kier alpha value is -2.82. The van der Waals surface area contributed by atoms with Gasteiger partial charge in [0.1, 0.15) is 0 Å². The van der Waals surface area contributed by atoms with Gasteiger partial charge >= 0.3 is 0 Å². The predicted octanol–water partition coefficient (Wildman–Crippen LogP) is 3.44. The van der Waals surface area contributed by atoms with Crippen LogP contribution in [0, 0.1) is 6.92 Å². The summed E-state index contributed by atoms with van der Waals surface area (Å²) in [5.41, 5.74) is 2.76. The number of carbonyl (C=O) groups is 2. The van der Waals surface area contributed by atoms with Crippen LogP contribution < -0.4 is 14.8 Å². The van der Waals surface area contributed by atoms with Crippen LogP contribution in [0.4, 0.5) is 0 Å². The van der Waals surface area contributed by atoms with Gasteiger partial charge in [-0.05, 0) is 36.2 Å². The third-order valence-corrected chi connectivity index (χ3v) is 4.39. The lowest BCUT2D eigenvalue weighted by Gasteiger charge is -2.09. The van der Waals surface area contributed by atoms with Crippen LogP contribution in [0.25, 0.3) is 0 Å². The molecule has 136 valence electrons. The highest BCUT2D eigenvalue weighted by Gasteiger charge is 2.15. The fourth-order valence-electron chi connectivity index (χ4n) is 2.80. The molecule has 0 atom stereocenters. The van der Waals surface area contributed by atoms with Crippen LogP contribution in [0.1, 0.15) is 40.7 Å². The Kier molecular flexibility index (Phi) is 5.89. The normalized spacial score (nSPS) is 13.0. The van der Waals surface area contributed by atoms with E-state index in [4.69, 9.17) is 9.47 Å². The molecule has 0 unspecified atom stereocenters. The molecule has 5 nitrogen and oxygen atoms in total. The molecule has 0 radical (unpaired) electrons. The van der Waals surface area contributed by atoms with Gasteiger partial charge in [0, 0.05) is 31.4 Å². The standard InChI is InChI=1S/C21H23NO4/c1-15-5-2-3-6-17(15)14-22-21(24)10-8-18(23)16-7-9-19-20(13-16)26-12-4-11-25-19/h2-3,5-7,9,13H,4,8,10-12,14H2,1H3,(H,22,24). The molecule has 26 heavy (non-hydrogen) atoms. The Morgan fingerprint density at radius 1 is 1.00 bits per heavy atom. The molecular formula is C21H23NO4. The SMILES string of the molecule is Cc1ccccc1CNC(=O)CCC(=O)c1ccc2c(c1)OCCCO2. The van der Waals surface area contributed by atoms with Crippen molar-refractivity contribution in [2.75, 3.05) is 13.2 Å². The van der Waals surface area contributed by atoms with Crippen molar-refractivity contribution >= 4 is 11.7 Å². The highest BCUT2D eigenvalue weighted by molar-refractivity contribution is 5.98. The van der Waals surface area contributed by atoms with Gasteiger partial charge in [-0.2, -0.15) is 0 Å². The molecule has 0 aromatic heterocycles. The number of fused-ring (bicyclic) bond motifs is 1. The summed E-state index contributed by atoms with van der Waals surface area (Å²) >= 11 is 0. The Labute approximate surface area is 153 Å². The fraction of sp³-hybridized carbons (Fsp3) is 0.333. The number of amides is 1. The van der Waals surface area contributed by atoms with Crippen molar-refractivity contribution in [2.24, 2.45) is 0 Å². The van der Waals surface area contributed by atoms with Crippen LogP contribution in [0.5, 0.6) is 11.5 Å². The number of ether oxygens (including phenoxy) is 2. The monoisotopic (exact) mass is 353 g/mol. The van der Waals surface area contributed by atoms with Crippen molar-refractivity contribution in [3.05, 3.63) is 59.2 Å². The molecule has 1 aliphatic rings. The van der Waals surface area contributed by atoms with Crippen LogP contribution in [-0.4, -0.2) is 24.9 Å². The number of hydrogen-bond acceptors (Lipinski definition) is 4. The average Bonchev–Trinajstić information content (AvgIpc) is 2.90. The Morgan fingerprint density at radius 3 is 2.58 bits per heavy atom. The van der Waals surface area contributed by atoms with Crippen molar-refractivity contribution in [3.63, 3.8) is 0 Å². The van der Waals surface area contributed by atoms with Gasteiger partial charge in [0.15, 0.2) is 17.3 Å². The number of rotatable bonds is 6. The first kappa shape index (κ1) is 18.0. The summed E-state index contributed by atoms with van der Waals surface area (Å²) in [6, 6.07) is 13.1. The summed E-state index contributed by atoms with van der Waals surface area (Å²) in [7, 11) is 0. The number of nitrogens with one attached hydrogen (secondary N) is 1. The van der Waals surface area contributed by atoms with Crippen LogP contribution in [0.2, 0.25) is 0 Å². The maximum absolute atomic E-state index is 12.4. The topological polar surface area (TPSA) is 64.6 Å². The second-order valence-electron chi connectivity index (χ2n) is 6.34. The molecule has 1 N–H and O–H groups in total. The molecule has 2 aromatic rings. The third kappa shape index (κ3) is 4.63. The van der Waals surface area contributed by atoms with E-state index in [0.29, 0.717) is 36.8 Å². The van der Waals surface area contributed by atoms with Gasteiger partial charge in [0.25, 0.3) is 0 Å². The number of hydrogen-bond donors (Lipinski definition) is 1. The summed E-state index contributed by atoms with van der Waals surface area (Å²) in [6.07, 6.45) is 1.15.